The maximum absolute atomic E-state index is 13.3. The van der Waals surface area contributed by atoms with Gasteiger partial charge in [-0.15, -0.1) is 0 Å². The van der Waals surface area contributed by atoms with E-state index in [1.165, 1.54) is 0 Å². The predicted molar refractivity (Wildman–Crippen MR) is 147 cm³/mol. The zero-order chi connectivity index (χ0) is 26.6. The first-order valence-corrected chi connectivity index (χ1v) is 12.8. The summed E-state index contributed by atoms with van der Waals surface area (Å²) in [6, 6.07) is 34.0. The summed E-state index contributed by atoms with van der Waals surface area (Å²) in [5.74, 6) is 0.477. The van der Waals surface area contributed by atoms with Crippen molar-refractivity contribution in [1.82, 2.24) is 0 Å². The van der Waals surface area contributed by atoms with Crippen LogP contribution in [0, 0.1) is 0 Å². The van der Waals surface area contributed by atoms with Gasteiger partial charge in [-0.25, -0.2) is 4.79 Å². The van der Waals surface area contributed by atoms with Gasteiger partial charge < -0.3 is 19.7 Å². The number of rotatable bonds is 4. The van der Waals surface area contributed by atoms with Gasteiger partial charge in [-0.2, -0.15) is 0 Å². The number of ether oxygens (including phenoxy) is 2. The second kappa shape index (κ2) is 8.77. The molecular weight excluding hydrogens is 488 g/mol. The van der Waals surface area contributed by atoms with Gasteiger partial charge in [0.25, 0.3) is 0 Å². The highest BCUT2D eigenvalue weighted by atomic mass is 16.6. The molecule has 1 spiro atoms. The van der Waals surface area contributed by atoms with E-state index in [0.29, 0.717) is 57.7 Å². The van der Waals surface area contributed by atoms with Crippen molar-refractivity contribution in [3.8, 4) is 23.0 Å². The highest BCUT2D eigenvalue weighted by Gasteiger charge is 2.54. The minimum atomic E-state index is -1.30. The molecule has 5 nitrogen and oxygen atoms in total. The normalized spacial score (nSPS) is 14.2. The van der Waals surface area contributed by atoms with Crippen molar-refractivity contribution in [3.05, 3.63) is 154 Å². The first kappa shape index (κ1) is 23.1. The smallest absolute Gasteiger partial charge is 0.340 e. The van der Waals surface area contributed by atoms with E-state index in [0.717, 1.165) is 11.1 Å². The number of esters is 1. The molecule has 2 aliphatic rings. The lowest BCUT2D eigenvalue weighted by atomic mass is 9.76. The molecule has 39 heavy (non-hydrogen) atoms. The minimum Gasteiger partial charge on any atom is -0.508 e. The van der Waals surface area contributed by atoms with Crippen LogP contribution in [-0.4, -0.2) is 16.2 Å². The SMILES string of the molecule is O=C1OC2(c3cc(Cc4ccccc4)c(O)cc3Oc3cc(O)c(Cc4ccccc4)cc32)c2ccccc21. The van der Waals surface area contributed by atoms with Crippen molar-refractivity contribution in [2.75, 3.05) is 0 Å². The first-order valence-electron chi connectivity index (χ1n) is 12.8. The standard InChI is InChI=1S/C34H24O5/c35-29-19-31-27(17-23(29)15-21-9-3-1-4-10-21)34(26-14-8-7-13-25(26)33(37)39-34)28-18-24(30(36)20-32(28)38-31)16-22-11-5-2-6-12-22/h1-14,17-20,35-36H,15-16H2. The third kappa shape index (κ3) is 3.66. The fraction of sp³-hybridized carbons (Fsp3) is 0.0882. The third-order valence-electron chi connectivity index (χ3n) is 7.59. The summed E-state index contributed by atoms with van der Waals surface area (Å²) in [5.41, 5.74) is 4.61. The minimum absolute atomic E-state index is 0.0822. The number of carbonyl (C=O) groups excluding carboxylic acids is 1. The van der Waals surface area contributed by atoms with Crippen LogP contribution in [0.15, 0.2) is 109 Å². The second-order valence-electron chi connectivity index (χ2n) is 10.00. The van der Waals surface area contributed by atoms with Gasteiger partial charge in [0.2, 0.25) is 0 Å². The third-order valence-corrected chi connectivity index (χ3v) is 7.59. The topological polar surface area (TPSA) is 76.0 Å². The Morgan fingerprint density at radius 1 is 0.590 bits per heavy atom. The molecule has 5 aromatic carbocycles. The van der Waals surface area contributed by atoms with Crippen LogP contribution in [0.3, 0.4) is 0 Å². The molecule has 0 saturated heterocycles. The van der Waals surface area contributed by atoms with E-state index < -0.39 is 11.6 Å². The molecule has 0 aliphatic carbocycles. The first-order chi connectivity index (χ1) is 19.0. The number of hydrogen-bond donors (Lipinski definition) is 2. The summed E-state index contributed by atoms with van der Waals surface area (Å²) >= 11 is 0. The maximum atomic E-state index is 13.3. The van der Waals surface area contributed by atoms with E-state index in [1.54, 1.807) is 18.2 Å². The number of fused-ring (bicyclic) bond motifs is 6. The Labute approximate surface area is 225 Å². The molecule has 0 bridgehead atoms. The molecule has 5 aromatic rings. The fourth-order valence-corrected chi connectivity index (χ4v) is 5.74. The van der Waals surface area contributed by atoms with Crippen LogP contribution in [0.25, 0.3) is 0 Å². The molecule has 0 atom stereocenters. The van der Waals surface area contributed by atoms with Gasteiger partial charge in [0.05, 0.1) is 5.56 Å². The van der Waals surface area contributed by atoms with E-state index in [2.05, 4.69) is 0 Å². The number of hydrogen-bond acceptors (Lipinski definition) is 5. The van der Waals surface area contributed by atoms with Gasteiger partial charge >= 0.3 is 5.97 Å². The zero-order valence-electron chi connectivity index (χ0n) is 20.9. The summed E-state index contributed by atoms with van der Waals surface area (Å²) in [6.07, 6.45) is 0.987. The predicted octanol–water partition coefficient (Wildman–Crippen LogP) is 6.85. The monoisotopic (exact) mass is 512 g/mol. The molecule has 2 N–H and O–H groups in total. The van der Waals surface area contributed by atoms with E-state index >= 15 is 0 Å². The zero-order valence-corrected chi connectivity index (χ0v) is 20.9. The maximum Gasteiger partial charge on any atom is 0.340 e. The van der Waals surface area contributed by atoms with Crippen LogP contribution in [0.1, 0.15) is 49.3 Å². The number of aromatic hydroxyl groups is 2. The average molecular weight is 513 g/mol. The number of carbonyl (C=O) groups is 1. The molecule has 0 unspecified atom stereocenters. The van der Waals surface area contributed by atoms with Gasteiger partial charge in [-0.1, -0.05) is 78.9 Å². The van der Waals surface area contributed by atoms with Crippen LogP contribution in [0.4, 0.5) is 0 Å². The highest BCUT2D eigenvalue weighted by Crippen LogP contribution is 2.58. The van der Waals surface area contributed by atoms with Crippen LogP contribution in [0.2, 0.25) is 0 Å². The van der Waals surface area contributed by atoms with Crippen molar-refractivity contribution >= 4 is 5.97 Å². The summed E-state index contributed by atoms with van der Waals surface area (Å²) in [7, 11) is 0. The molecule has 190 valence electrons. The van der Waals surface area contributed by atoms with Crippen molar-refractivity contribution in [3.63, 3.8) is 0 Å². The summed E-state index contributed by atoms with van der Waals surface area (Å²) in [4.78, 5) is 13.3. The van der Waals surface area contributed by atoms with E-state index in [9.17, 15) is 15.0 Å². The van der Waals surface area contributed by atoms with E-state index in [-0.39, 0.29) is 11.5 Å². The summed E-state index contributed by atoms with van der Waals surface area (Å²) < 4.78 is 12.6. The van der Waals surface area contributed by atoms with Gasteiger partial charge in [-0.05, 0) is 40.5 Å². The Kier molecular flexibility index (Phi) is 5.20. The summed E-state index contributed by atoms with van der Waals surface area (Å²) in [6.45, 7) is 0. The molecule has 2 aliphatic heterocycles. The van der Waals surface area contributed by atoms with Crippen molar-refractivity contribution in [2.24, 2.45) is 0 Å². The van der Waals surface area contributed by atoms with Crippen molar-refractivity contribution in [2.45, 2.75) is 18.4 Å². The van der Waals surface area contributed by atoms with Gasteiger partial charge in [0.15, 0.2) is 5.60 Å². The Morgan fingerprint density at radius 2 is 1.08 bits per heavy atom. The lowest BCUT2D eigenvalue weighted by Gasteiger charge is -2.37. The van der Waals surface area contributed by atoms with Crippen LogP contribution < -0.4 is 4.74 Å². The van der Waals surface area contributed by atoms with Gasteiger partial charge in [-0.3, -0.25) is 0 Å². The fourth-order valence-electron chi connectivity index (χ4n) is 5.74. The summed E-state index contributed by atoms with van der Waals surface area (Å²) in [5, 5.41) is 22.0. The number of benzene rings is 5. The molecule has 0 saturated carbocycles. The van der Waals surface area contributed by atoms with E-state index in [1.807, 2.05) is 91.0 Å². The lowest BCUT2D eigenvalue weighted by molar-refractivity contribution is 0.0223. The molecule has 5 heteroatoms. The molecule has 0 aromatic heterocycles. The number of phenolic OH excluding ortho intramolecular Hbond substituents is 2. The molecule has 0 amide bonds. The van der Waals surface area contributed by atoms with Crippen LogP contribution in [0.5, 0.6) is 23.0 Å². The molecule has 7 rings (SSSR count). The van der Waals surface area contributed by atoms with Gasteiger partial charge in [0, 0.05) is 41.7 Å². The molecule has 2 heterocycles. The average Bonchev–Trinajstić information content (AvgIpc) is 3.24. The molecular formula is C34H24O5. The Hall–Kier alpha value is -5.03. The Morgan fingerprint density at radius 3 is 1.62 bits per heavy atom. The van der Waals surface area contributed by atoms with Crippen molar-refractivity contribution < 1.29 is 24.5 Å². The largest absolute Gasteiger partial charge is 0.508 e. The quantitative estimate of drug-likeness (QED) is 0.258. The van der Waals surface area contributed by atoms with Crippen LogP contribution in [-0.2, 0) is 23.2 Å². The van der Waals surface area contributed by atoms with Gasteiger partial charge in [0.1, 0.15) is 23.0 Å². The van der Waals surface area contributed by atoms with Crippen LogP contribution >= 0.6 is 0 Å². The molecule has 0 radical (unpaired) electrons. The highest BCUT2D eigenvalue weighted by molar-refractivity contribution is 5.97. The lowest BCUT2D eigenvalue weighted by Crippen LogP contribution is -2.33. The van der Waals surface area contributed by atoms with Crippen molar-refractivity contribution in [1.29, 1.82) is 0 Å². The Bertz CT molecular complexity index is 1640. The van der Waals surface area contributed by atoms with E-state index in [4.69, 9.17) is 9.47 Å². The molecule has 0 fully saturated rings. The number of phenols is 2. The Balaban J connectivity index is 1.46. The second-order valence-corrected chi connectivity index (χ2v) is 10.00.